The smallest absolute Gasteiger partial charge is 0.420 e. The van der Waals surface area contributed by atoms with E-state index in [9.17, 15) is 9.59 Å². The summed E-state index contributed by atoms with van der Waals surface area (Å²) in [6, 6.07) is 7.02. The molecule has 1 aromatic carbocycles. The summed E-state index contributed by atoms with van der Waals surface area (Å²) < 4.78 is 6.56. The zero-order chi connectivity index (χ0) is 15.8. The molecule has 0 unspecified atom stereocenters. The van der Waals surface area contributed by atoms with Crippen molar-refractivity contribution in [3.05, 3.63) is 35.0 Å². The zero-order valence-corrected chi connectivity index (χ0v) is 13.1. The molecule has 6 heteroatoms. The van der Waals surface area contributed by atoms with Gasteiger partial charge in [-0.2, -0.15) is 0 Å². The van der Waals surface area contributed by atoms with Crippen LogP contribution in [0.5, 0.6) is 0 Å². The molecule has 0 saturated carbocycles. The van der Waals surface area contributed by atoms with Gasteiger partial charge in [0.1, 0.15) is 10.8 Å². The molecule has 2 aromatic rings. The molecule has 0 fully saturated rings. The summed E-state index contributed by atoms with van der Waals surface area (Å²) in [6.45, 7) is 5.30. The maximum atomic E-state index is 12.3. The molecule has 21 heavy (non-hydrogen) atoms. The number of para-hydroxylation sites is 1. The summed E-state index contributed by atoms with van der Waals surface area (Å²) in [4.78, 5) is 24.4. The molecule has 1 N–H and O–H groups in total. The average molecular weight is 309 g/mol. The van der Waals surface area contributed by atoms with Gasteiger partial charge in [-0.25, -0.2) is 9.36 Å². The van der Waals surface area contributed by atoms with Crippen LogP contribution in [0.4, 0.5) is 4.79 Å². The zero-order valence-electron chi connectivity index (χ0n) is 12.4. The lowest BCUT2D eigenvalue weighted by molar-refractivity contribution is 0.0545. The minimum Gasteiger partial charge on any atom is -0.443 e. The van der Waals surface area contributed by atoms with Crippen molar-refractivity contribution >= 4 is 34.5 Å². The number of aromatic nitrogens is 1. The lowest BCUT2D eigenvalue weighted by atomic mass is 10.1. The van der Waals surface area contributed by atoms with Crippen molar-refractivity contribution in [2.45, 2.75) is 26.4 Å². The van der Waals surface area contributed by atoms with Gasteiger partial charge in [0.2, 0.25) is 0 Å². The first-order chi connectivity index (χ1) is 9.76. The van der Waals surface area contributed by atoms with Gasteiger partial charge >= 0.3 is 6.09 Å². The summed E-state index contributed by atoms with van der Waals surface area (Å²) in [5, 5.41) is 3.18. The Morgan fingerprint density at radius 3 is 2.43 bits per heavy atom. The van der Waals surface area contributed by atoms with Crippen molar-refractivity contribution in [1.29, 1.82) is 0 Å². The predicted molar refractivity (Wildman–Crippen MR) is 82.0 cm³/mol. The van der Waals surface area contributed by atoms with Gasteiger partial charge in [-0.15, -0.1) is 0 Å². The first kappa shape index (κ1) is 15.4. The van der Waals surface area contributed by atoms with E-state index in [2.05, 4.69) is 5.32 Å². The third-order valence-corrected chi connectivity index (χ3v) is 3.21. The molecule has 1 amide bonds. The number of hydrogen-bond donors (Lipinski definition) is 1. The fourth-order valence-corrected chi connectivity index (χ4v) is 2.38. The maximum Gasteiger partial charge on any atom is 0.420 e. The van der Waals surface area contributed by atoms with Crippen LogP contribution in [0, 0.1) is 0 Å². The van der Waals surface area contributed by atoms with E-state index < -0.39 is 11.7 Å². The Morgan fingerprint density at radius 2 is 1.86 bits per heavy atom. The van der Waals surface area contributed by atoms with Crippen LogP contribution in [0.25, 0.3) is 10.9 Å². The van der Waals surface area contributed by atoms with E-state index in [0.717, 1.165) is 0 Å². The summed E-state index contributed by atoms with van der Waals surface area (Å²) in [6.07, 6.45) is -0.612. The Morgan fingerprint density at radius 1 is 1.24 bits per heavy atom. The Balaban J connectivity index is 2.67. The topological polar surface area (TPSA) is 60.3 Å². The lowest BCUT2D eigenvalue weighted by Crippen LogP contribution is -2.27. The summed E-state index contributed by atoms with van der Waals surface area (Å²) in [7, 11) is 1.51. The average Bonchev–Trinajstić information content (AvgIpc) is 2.68. The Bertz CT molecular complexity index is 714. The van der Waals surface area contributed by atoms with E-state index in [1.165, 1.54) is 11.6 Å². The highest BCUT2D eigenvalue weighted by Crippen LogP contribution is 2.30. The highest BCUT2D eigenvalue weighted by molar-refractivity contribution is 6.36. The highest BCUT2D eigenvalue weighted by atomic mass is 35.5. The van der Waals surface area contributed by atoms with Crippen LogP contribution in [0.3, 0.4) is 0 Å². The number of carbonyl (C=O) groups excluding carboxylic acids is 2. The number of hydrogen-bond acceptors (Lipinski definition) is 3. The van der Waals surface area contributed by atoms with Gasteiger partial charge < -0.3 is 10.1 Å². The van der Waals surface area contributed by atoms with Crippen molar-refractivity contribution < 1.29 is 14.3 Å². The van der Waals surface area contributed by atoms with E-state index >= 15 is 0 Å². The summed E-state index contributed by atoms with van der Waals surface area (Å²) in [5.74, 6) is -0.349. The summed E-state index contributed by atoms with van der Waals surface area (Å²) >= 11 is 6.25. The monoisotopic (exact) mass is 308 g/mol. The number of halogens is 1. The SMILES string of the molecule is CNC(=O)c1c(Cl)n(C(=O)OC(C)(C)C)c2ccccc12. The number of nitrogens with zero attached hydrogens (tertiary/aromatic N) is 1. The van der Waals surface area contributed by atoms with E-state index in [-0.39, 0.29) is 16.6 Å². The largest absolute Gasteiger partial charge is 0.443 e. The van der Waals surface area contributed by atoms with Crippen molar-refractivity contribution in [1.82, 2.24) is 9.88 Å². The molecule has 0 spiro atoms. The van der Waals surface area contributed by atoms with E-state index in [4.69, 9.17) is 16.3 Å². The normalized spacial score (nSPS) is 11.5. The molecule has 0 atom stereocenters. The van der Waals surface area contributed by atoms with E-state index in [1.807, 2.05) is 0 Å². The van der Waals surface area contributed by atoms with E-state index in [1.54, 1.807) is 45.0 Å². The minimum atomic E-state index is -0.654. The molecule has 0 bridgehead atoms. The second kappa shape index (κ2) is 5.41. The van der Waals surface area contributed by atoms with Crippen LogP contribution < -0.4 is 5.32 Å². The number of carbonyl (C=O) groups is 2. The van der Waals surface area contributed by atoms with Gasteiger partial charge in [0.15, 0.2) is 0 Å². The molecule has 1 aromatic heterocycles. The first-order valence-electron chi connectivity index (χ1n) is 6.50. The standard InChI is InChI=1S/C15H17ClN2O3/c1-15(2,3)21-14(20)18-10-8-6-5-7-9(10)11(12(18)16)13(19)17-4/h5-8H,1-4H3,(H,17,19). The van der Waals surface area contributed by atoms with Crippen LogP contribution >= 0.6 is 11.6 Å². The third-order valence-electron chi connectivity index (χ3n) is 2.85. The van der Waals surface area contributed by atoms with Crippen LogP contribution in [0.1, 0.15) is 31.1 Å². The molecule has 5 nitrogen and oxygen atoms in total. The van der Waals surface area contributed by atoms with Crippen LogP contribution in [0.2, 0.25) is 5.15 Å². The van der Waals surface area contributed by atoms with Crippen molar-refractivity contribution in [2.75, 3.05) is 7.05 Å². The van der Waals surface area contributed by atoms with Gasteiger partial charge in [-0.05, 0) is 26.8 Å². The van der Waals surface area contributed by atoms with Crippen LogP contribution in [0.15, 0.2) is 24.3 Å². The molecule has 0 aliphatic rings. The number of nitrogens with one attached hydrogen (secondary N) is 1. The Hall–Kier alpha value is -2.01. The minimum absolute atomic E-state index is 0.0461. The lowest BCUT2D eigenvalue weighted by Gasteiger charge is -2.20. The molecule has 1 heterocycles. The van der Waals surface area contributed by atoms with E-state index in [0.29, 0.717) is 10.9 Å². The van der Waals surface area contributed by atoms with Crippen LogP contribution in [-0.4, -0.2) is 29.2 Å². The second-order valence-electron chi connectivity index (χ2n) is 5.58. The summed E-state index contributed by atoms with van der Waals surface area (Å²) in [5.41, 5.74) is 0.148. The molecular formula is C15H17ClN2O3. The first-order valence-corrected chi connectivity index (χ1v) is 6.88. The fraction of sp³-hybridized carbons (Fsp3) is 0.333. The molecule has 112 valence electrons. The fourth-order valence-electron chi connectivity index (χ4n) is 2.04. The second-order valence-corrected chi connectivity index (χ2v) is 5.94. The Labute approximate surface area is 127 Å². The highest BCUT2D eigenvalue weighted by Gasteiger charge is 2.27. The van der Waals surface area contributed by atoms with Gasteiger partial charge in [-0.3, -0.25) is 4.79 Å². The number of ether oxygens (including phenoxy) is 1. The maximum absolute atomic E-state index is 12.3. The molecular weight excluding hydrogens is 292 g/mol. The molecule has 0 aliphatic carbocycles. The number of rotatable bonds is 1. The quantitative estimate of drug-likeness (QED) is 0.878. The number of amides is 1. The third kappa shape index (κ3) is 2.88. The van der Waals surface area contributed by atoms with Gasteiger partial charge in [0.05, 0.1) is 11.1 Å². The molecule has 0 saturated heterocycles. The number of benzene rings is 1. The molecule has 2 rings (SSSR count). The van der Waals surface area contributed by atoms with Crippen molar-refractivity contribution in [3.63, 3.8) is 0 Å². The Kier molecular flexibility index (Phi) is 3.96. The van der Waals surface area contributed by atoms with Crippen molar-refractivity contribution in [2.24, 2.45) is 0 Å². The van der Waals surface area contributed by atoms with Gasteiger partial charge in [0, 0.05) is 12.4 Å². The number of fused-ring (bicyclic) bond motifs is 1. The van der Waals surface area contributed by atoms with Crippen LogP contribution in [-0.2, 0) is 4.74 Å². The predicted octanol–water partition coefficient (Wildman–Crippen LogP) is 3.44. The molecule has 0 radical (unpaired) electrons. The van der Waals surface area contributed by atoms with Gasteiger partial charge in [0.25, 0.3) is 5.91 Å². The molecule has 0 aliphatic heterocycles. The van der Waals surface area contributed by atoms with Crippen molar-refractivity contribution in [3.8, 4) is 0 Å². The van der Waals surface area contributed by atoms with Gasteiger partial charge in [-0.1, -0.05) is 29.8 Å².